The standard InChI is InChI=1S/C62H60O2Si3/c1-65(2)57-33-17-15-31-55(57)63-61-51(29-19-35-59(61)65)49-39-37-47(41-53(49)43-21-11-12-22-43)67(45-25-7-5-8-26-45,46-27-9-6-10-28-46)48-38-40-50(54(42-48)44-23-13-14-24-44)52-30-20-36-60-62(52)64-56-32-16-18-34-58(56)66(60,3)4/h5-10,15-20,25-44H,11-14,21-24H2,1-4H3/i1D3,2D3,3D3,4D3,43D,44D. The monoisotopic (exact) mass is 934 g/mol. The van der Waals surface area contributed by atoms with Crippen molar-refractivity contribution in [3.8, 4) is 45.3 Å². The third-order valence-corrected chi connectivity index (χ3v) is 24.5. The Morgan fingerprint density at radius 3 is 1.21 bits per heavy atom. The summed E-state index contributed by atoms with van der Waals surface area (Å²) in [4.78, 5) is 0. The second-order valence-electron chi connectivity index (χ2n) is 18.7. The Hall–Kier alpha value is -5.99. The average molecular weight is 936 g/mol. The van der Waals surface area contributed by atoms with Gasteiger partial charge in [-0.15, -0.1) is 0 Å². The maximum Gasteiger partial charge on any atom is 0.179 e. The summed E-state index contributed by atoms with van der Waals surface area (Å²) in [6.07, 6.45) is 5.48. The van der Waals surface area contributed by atoms with Gasteiger partial charge in [-0.3, -0.25) is 0 Å². The fraction of sp³-hybridized carbons (Fsp3) is 0.226. The highest BCUT2D eigenvalue weighted by Crippen LogP contribution is 2.46. The van der Waals surface area contributed by atoms with Crippen LogP contribution in [0.25, 0.3) is 22.3 Å². The summed E-state index contributed by atoms with van der Waals surface area (Å²) < 4.78 is 144. The molecule has 0 radical (unpaired) electrons. The topological polar surface area (TPSA) is 18.5 Å². The number of rotatable bonds is 8. The summed E-state index contributed by atoms with van der Waals surface area (Å²) in [5.41, 5.74) is 3.80. The van der Waals surface area contributed by atoms with Crippen LogP contribution in [0.1, 0.15) is 93.5 Å². The van der Waals surface area contributed by atoms with E-state index >= 15 is 0 Å². The highest BCUT2D eigenvalue weighted by Gasteiger charge is 2.44. The molecule has 5 heteroatoms. The van der Waals surface area contributed by atoms with Crippen molar-refractivity contribution in [1.29, 1.82) is 0 Å². The first-order valence-electron chi connectivity index (χ1n) is 30.7. The smallest absolute Gasteiger partial charge is 0.179 e. The van der Waals surface area contributed by atoms with E-state index in [1.54, 1.807) is 72.8 Å². The second kappa shape index (κ2) is 16.7. The lowest BCUT2D eigenvalue weighted by Crippen LogP contribution is -2.74. The van der Waals surface area contributed by atoms with E-state index in [2.05, 4.69) is 48.5 Å². The number of para-hydroxylation sites is 4. The van der Waals surface area contributed by atoms with E-state index in [-0.39, 0.29) is 43.7 Å². The van der Waals surface area contributed by atoms with E-state index < -0.39 is 61.9 Å². The predicted molar refractivity (Wildman–Crippen MR) is 290 cm³/mol. The molecule has 8 aromatic carbocycles. The molecule has 2 aliphatic heterocycles. The Morgan fingerprint density at radius 1 is 0.403 bits per heavy atom. The van der Waals surface area contributed by atoms with Gasteiger partial charge in [0.2, 0.25) is 0 Å². The van der Waals surface area contributed by atoms with E-state index in [1.165, 1.54) is 0 Å². The van der Waals surface area contributed by atoms with Crippen molar-refractivity contribution in [3.05, 3.63) is 193 Å². The van der Waals surface area contributed by atoms with Gasteiger partial charge in [-0.25, -0.2) is 0 Å². The molecule has 0 bridgehead atoms. The van der Waals surface area contributed by atoms with Gasteiger partial charge in [0.05, 0.1) is 0 Å². The molecule has 2 saturated carbocycles. The Kier molecular flexibility index (Phi) is 7.38. The number of benzene rings is 8. The van der Waals surface area contributed by atoms with Gasteiger partial charge in [-0.05, 0) is 113 Å². The molecule has 0 unspecified atom stereocenters. The molecule has 0 N–H and O–H groups in total. The average Bonchev–Trinajstić information content (AvgIpc) is 4.00. The van der Waals surface area contributed by atoms with Crippen LogP contribution in [0.5, 0.6) is 23.0 Å². The highest BCUT2D eigenvalue weighted by molar-refractivity contribution is 7.20. The minimum atomic E-state index is -4.67. The van der Waals surface area contributed by atoms with E-state index in [4.69, 9.17) is 25.9 Å². The molecule has 0 amide bonds. The first-order valence-corrected chi connectivity index (χ1v) is 29.7. The van der Waals surface area contributed by atoms with Crippen LogP contribution in [0.4, 0.5) is 0 Å². The second-order valence-corrected chi connectivity index (χ2v) is 27.6. The fourth-order valence-electron chi connectivity index (χ4n) is 11.7. The van der Waals surface area contributed by atoms with Crippen LogP contribution in [0.15, 0.2) is 182 Å². The molecule has 2 aliphatic carbocycles. The summed E-state index contributed by atoms with van der Waals surface area (Å²) in [5, 5.41) is 4.71. The van der Waals surface area contributed by atoms with Crippen LogP contribution in [0, 0.1) is 0 Å². The minimum absolute atomic E-state index is 0.166. The van der Waals surface area contributed by atoms with Crippen molar-refractivity contribution in [1.82, 2.24) is 0 Å². The molecule has 8 aromatic rings. The van der Waals surface area contributed by atoms with Crippen LogP contribution >= 0.6 is 0 Å². The summed E-state index contributed by atoms with van der Waals surface area (Å²) >= 11 is 0. The van der Waals surface area contributed by atoms with Gasteiger partial charge in [0, 0.05) is 30.3 Å². The molecule has 332 valence electrons. The third-order valence-electron chi connectivity index (χ3n) is 14.9. The minimum Gasteiger partial charge on any atom is -0.457 e. The summed E-state index contributed by atoms with van der Waals surface area (Å²) in [7, 11) is -12.9. The van der Waals surface area contributed by atoms with Crippen LogP contribution in [-0.4, -0.2) is 24.2 Å². The Labute approximate surface area is 420 Å². The SMILES string of the molecule is [2H]C1(c2cc([Si](c3ccccc3)(c3ccccc3)c3ccc(-c4cccc5c4Oc4ccccc4[Si]5(C([2H])([2H])[2H])C([2H])([2H])[2H])c(C4([2H])CCCC4)c3)ccc2-c2cccc3c2Oc2ccccc2[Si]3(C([2H])([2H])[2H])C([2H])([2H])[2H])CCCC1. The van der Waals surface area contributed by atoms with E-state index in [0.717, 1.165) is 57.6 Å². The first kappa shape index (κ1) is 29.7. The maximum atomic E-state index is 10.5. The molecule has 0 saturated heterocycles. The van der Waals surface area contributed by atoms with Gasteiger partial charge in [0.15, 0.2) is 8.07 Å². The summed E-state index contributed by atoms with van der Waals surface area (Å²) in [6, 6.07) is 57.0. The van der Waals surface area contributed by atoms with Gasteiger partial charge in [-0.2, -0.15) is 0 Å². The summed E-state index contributed by atoms with van der Waals surface area (Å²) in [6.45, 7) is -11.6. The lowest BCUT2D eigenvalue weighted by Gasteiger charge is -2.37. The molecular weight excluding hydrogens is 861 g/mol. The zero-order valence-corrected chi connectivity index (χ0v) is 40.3. The van der Waals surface area contributed by atoms with Crippen molar-refractivity contribution in [3.63, 3.8) is 0 Å². The predicted octanol–water partition coefficient (Wildman–Crippen LogP) is 11.6. The van der Waals surface area contributed by atoms with Crippen LogP contribution in [0.2, 0.25) is 25.9 Å². The van der Waals surface area contributed by atoms with Crippen molar-refractivity contribution >= 4 is 65.7 Å². The Bertz CT molecular complexity index is 3460. The molecule has 0 aromatic heterocycles. The van der Waals surface area contributed by atoms with Crippen molar-refractivity contribution in [2.24, 2.45) is 0 Å². The normalized spacial score (nSPS) is 21.9. The van der Waals surface area contributed by atoms with Crippen molar-refractivity contribution in [2.75, 3.05) is 0 Å². The highest BCUT2D eigenvalue weighted by atomic mass is 28.3. The molecule has 4 aliphatic rings. The molecule has 2 nitrogen and oxygen atoms in total. The lowest BCUT2D eigenvalue weighted by molar-refractivity contribution is 0.488. The largest absolute Gasteiger partial charge is 0.457 e. The fourth-order valence-corrected chi connectivity index (χ4v) is 20.5. The third kappa shape index (κ3) is 6.83. The van der Waals surface area contributed by atoms with E-state index in [0.29, 0.717) is 47.9 Å². The van der Waals surface area contributed by atoms with Gasteiger partial charge in [0.25, 0.3) is 0 Å². The van der Waals surface area contributed by atoms with Crippen LogP contribution < -0.4 is 51.0 Å². The van der Waals surface area contributed by atoms with Gasteiger partial charge in [0.1, 0.15) is 39.1 Å². The number of ether oxygens (including phenoxy) is 2. The zero-order chi connectivity index (χ0) is 57.2. The van der Waals surface area contributed by atoms with E-state index in [9.17, 15) is 2.74 Å². The summed E-state index contributed by atoms with van der Waals surface area (Å²) in [5.74, 6) is -1.43. The quantitative estimate of drug-likeness (QED) is 0.112. The van der Waals surface area contributed by atoms with Gasteiger partial charge < -0.3 is 9.47 Å². The molecular formula is C62H60O2Si3. The lowest BCUT2D eigenvalue weighted by atomic mass is 9.89. The van der Waals surface area contributed by atoms with E-state index in [1.807, 2.05) is 60.7 Å². The molecule has 0 spiro atoms. The Balaban J connectivity index is 1.14. The van der Waals surface area contributed by atoms with Gasteiger partial charge >= 0.3 is 0 Å². The number of hydrogen-bond acceptors (Lipinski definition) is 2. The number of fused-ring (bicyclic) bond motifs is 4. The van der Waals surface area contributed by atoms with Crippen LogP contribution in [-0.2, 0) is 0 Å². The maximum absolute atomic E-state index is 10.5. The number of hydrogen-bond donors (Lipinski definition) is 0. The molecule has 2 fully saturated rings. The molecule has 12 rings (SSSR count). The van der Waals surface area contributed by atoms with Gasteiger partial charge in [-0.1, -0.05) is 221 Å². The molecule has 2 heterocycles. The van der Waals surface area contributed by atoms with Crippen LogP contribution in [0.3, 0.4) is 0 Å². The van der Waals surface area contributed by atoms with Crippen molar-refractivity contribution in [2.45, 2.75) is 89.1 Å². The molecule has 0 atom stereocenters. The molecule has 67 heavy (non-hydrogen) atoms. The Morgan fingerprint density at radius 2 is 0.791 bits per heavy atom. The van der Waals surface area contributed by atoms with Crippen molar-refractivity contribution < 1.29 is 28.7 Å². The zero-order valence-electron chi connectivity index (χ0n) is 51.3. The first-order chi connectivity index (χ1) is 38.4.